The molecule has 1 fully saturated rings. The fraction of sp³-hybridized carbons (Fsp3) is 0.476. The van der Waals surface area contributed by atoms with E-state index in [1.165, 1.54) is 11.3 Å². The van der Waals surface area contributed by atoms with Gasteiger partial charge in [-0.15, -0.1) is 11.3 Å². The van der Waals surface area contributed by atoms with Crippen molar-refractivity contribution in [2.75, 3.05) is 38.6 Å². The van der Waals surface area contributed by atoms with Crippen LogP contribution in [0, 0.1) is 5.92 Å². The number of likely N-dealkylation sites (tertiary alicyclic amines) is 1. The fourth-order valence-corrected chi connectivity index (χ4v) is 4.29. The average molecular weight is 417 g/mol. The third-order valence-corrected chi connectivity index (χ3v) is 5.97. The Bertz CT molecular complexity index is 850. The van der Waals surface area contributed by atoms with Crippen molar-refractivity contribution in [3.63, 3.8) is 0 Å². The van der Waals surface area contributed by atoms with Crippen LogP contribution in [0.3, 0.4) is 0 Å². The van der Waals surface area contributed by atoms with Gasteiger partial charge in [0.15, 0.2) is 5.13 Å². The molecule has 2 heterocycles. The van der Waals surface area contributed by atoms with Crippen molar-refractivity contribution < 1.29 is 14.3 Å². The number of carbonyl (C=O) groups is 2. The van der Waals surface area contributed by atoms with Crippen molar-refractivity contribution in [3.8, 4) is 17.0 Å². The lowest BCUT2D eigenvalue weighted by Crippen LogP contribution is -2.49. The summed E-state index contributed by atoms with van der Waals surface area (Å²) in [7, 11) is 1.63. The lowest BCUT2D eigenvalue weighted by atomic mass is 9.97. The molecule has 0 saturated carbocycles. The quantitative estimate of drug-likeness (QED) is 0.774. The summed E-state index contributed by atoms with van der Waals surface area (Å²) >= 11 is 1.39. The van der Waals surface area contributed by atoms with Crippen molar-refractivity contribution in [2.45, 2.75) is 26.7 Å². The number of carbonyl (C=O) groups excluding carboxylic acids is 2. The van der Waals surface area contributed by atoms with Crippen LogP contribution in [0.25, 0.3) is 11.3 Å². The fourth-order valence-electron chi connectivity index (χ4n) is 3.58. The topological polar surface area (TPSA) is 74.8 Å². The number of piperidine rings is 1. The number of rotatable bonds is 6. The Hall–Kier alpha value is -2.61. The number of hydrogen-bond donors (Lipinski definition) is 1. The molecule has 1 aromatic heterocycles. The zero-order valence-corrected chi connectivity index (χ0v) is 18.0. The molecule has 3 rings (SSSR count). The third-order valence-electron chi connectivity index (χ3n) is 5.21. The van der Waals surface area contributed by atoms with Gasteiger partial charge in [0.05, 0.1) is 18.7 Å². The van der Waals surface area contributed by atoms with Gasteiger partial charge in [-0.05, 0) is 38.8 Å². The number of thiazole rings is 1. The number of urea groups is 1. The van der Waals surface area contributed by atoms with Gasteiger partial charge in [-0.3, -0.25) is 4.79 Å². The Morgan fingerprint density at radius 1 is 1.31 bits per heavy atom. The minimum Gasteiger partial charge on any atom is -0.496 e. The first kappa shape index (κ1) is 21.1. The van der Waals surface area contributed by atoms with E-state index in [0.717, 1.165) is 29.8 Å². The number of amides is 3. The van der Waals surface area contributed by atoms with Crippen molar-refractivity contribution in [1.29, 1.82) is 0 Å². The van der Waals surface area contributed by atoms with Gasteiger partial charge in [-0.25, -0.2) is 9.78 Å². The Balaban J connectivity index is 1.65. The summed E-state index contributed by atoms with van der Waals surface area (Å²) in [6.07, 6.45) is 1.61. The molecular formula is C21H28N4O3S. The van der Waals surface area contributed by atoms with E-state index in [2.05, 4.69) is 10.3 Å². The van der Waals surface area contributed by atoms with Crippen LogP contribution in [0.5, 0.6) is 5.75 Å². The SMILES string of the molecule is CCN(CC)C(=O)N1CCC[C@H](C(=O)Nc2nc(-c3ccccc3OC)cs2)C1. The van der Waals surface area contributed by atoms with Crippen LogP contribution in [0.15, 0.2) is 29.6 Å². The Morgan fingerprint density at radius 3 is 2.79 bits per heavy atom. The van der Waals surface area contributed by atoms with E-state index < -0.39 is 0 Å². The molecule has 7 nitrogen and oxygen atoms in total. The molecule has 1 atom stereocenters. The Labute approximate surface area is 175 Å². The molecule has 1 aromatic carbocycles. The van der Waals surface area contributed by atoms with Gasteiger partial charge in [0.2, 0.25) is 5.91 Å². The molecule has 8 heteroatoms. The summed E-state index contributed by atoms with van der Waals surface area (Å²) in [6, 6.07) is 7.68. The van der Waals surface area contributed by atoms with Crippen LogP contribution >= 0.6 is 11.3 Å². The normalized spacial score (nSPS) is 16.4. The van der Waals surface area contributed by atoms with Gasteiger partial charge in [-0.1, -0.05) is 12.1 Å². The van der Waals surface area contributed by atoms with Crippen LogP contribution in [-0.2, 0) is 4.79 Å². The molecule has 1 aliphatic rings. The number of methoxy groups -OCH3 is 1. The number of anilines is 1. The Kier molecular flexibility index (Phi) is 7.09. The van der Waals surface area contributed by atoms with Crippen LogP contribution < -0.4 is 10.1 Å². The molecule has 2 aromatic rings. The van der Waals surface area contributed by atoms with Crippen molar-refractivity contribution in [2.24, 2.45) is 5.92 Å². The molecule has 1 saturated heterocycles. The highest BCUT2D eigenvalue weighted by atomic mass is 32.1. The van der Waals surface area contributed by atoms with Gasteiger partial charge in [0.1, 0.15) is 5.75 Å². The molecule has 0 unspecified atom stereocenters. The maximum atomic E-state index is 12.8. The predicted octanol–water partition coefficient (Wildman–Crippen LogP) is 3.93. The maximum absolute atomic E-state index is 12.8. The highest BCUT2D eigenvalue weighted by molar-refractivity contribution is 7.14. The van der Waals surface area contributed by atoms with E-state index in [0.29, 0.717) is 31.3 Å². The Morgan fingerprint density at radius 2 is 2.07 bits per heavy atom. The standard InChI is InChI=1S/C21H28N4O3S/c1-4-24(5-2)21(27)25-12-8-9-15(13-25)19(26)23-20-22-17(14-29-20)16-10-6-7-11-18(16)28-3/h6-7,10-11,14-15H,4-5,8-9,12-13H2,1-3H3,(H,22,23,26)/t15-/m0/s1. The van der Waals surface area contributed by atoms with Crippen LogP contribution in [0.1, 0.15) is 26.7 Å². The van der Waals surface area contributed by atoms with Crippen LogP contribution in [0.2, 0.25) is 0 Å². The molecule has 3 amide bonds. The van der Waals surface area contributed by atoms with Crippen LogP contribution in [-0.4, -0.2) is 60.0 Å². The average Bonchev–Trinajstić information content (AvgIpc) is 3.22. The van der Waals surface area contributed by atoms with Crippen molar-refractivity contribution >= 4 is 28.4 Å². The van der Waals surface area contributed by atoms with Crippen LogP contribution in [0.4, 0.5) is 9.93 Å². The molecule has 0 aliphatic carbocycles. The second-order valence-corrected chi connectivity index (χ2v) is 7.83. The molecule has 29 heavy (non-hydrogen) atoms. The minimum atomic E-state index is -0.220. The molecular weight excluding hydrogens is 388 g/mol. The largest absolute Gasteiger partial charge is 0.496 e. The van der Waals surface area contributed by atoms with Crippen molar-refractivity contribution in [3.05, 3.63) is 29.6 Å². The number of nitrogens with one attached hydrogen (secondary N) is 1. The maximum Gasteiger partial charge on any atom is 0.320 e. The lowest BCUT2D eigenvalue weighted by Gasteiger charge is -2.35. The predicted molar refractivity (Wildman–Crippen MR) is 115 cm³/mol. The highest BCUT2D eigenvalue weighted by Gasteiger charge is 2.30. The molecule has 0 bridgehead atoms. The summed E-state index contributed by atoms with van der Waals surface area (Å²) in [5, 5.41) is 5.40. The van der Waals surface area contributed by atoms with E-state index in [-0.39, 0.29) is 17.9 Å². The first-order chi connectivity index (χ1) is 14.1. The van der Waals surface area contributed by atoms with E-state index in [4.69, 9.17) is 4.74 Å². The summed E-state index contributed by atoms with van der Waals surface area (Å²) in [6.45, 7) is 6.44. The summed E-state index contributed by atoms with van der Waals surface area (Å²) in [5.74, 6) is 0.443. The molecule has 0 spiro atoms. The van der Waals surface area contributed by atoms with E-state index in [1.807, 2.05) is 43.5 Å². The van der Waals surface area contributed by atoms with Gasteiger partial charge in [0, 0.05) is 37.1 Å². The highest BCUT2D eigenvalue weighted by Crippen LogP contribution is 2.32. The molecule has 0 radical (unpaired) electrons. The van der Waals surface area contributed by atoms with Gasteiger partial charge < -0.3 is 19.9 Å². The van der Waals surface area contributed by atoms with Gasteiger partial charge in [0.25, 0.3) is 0 Å². The first-order valence-corrected chi connectivity index (χ1v) is 10.9. The number of ether oxygens (including phenoxy) is 1. The van der Waals surface area contributed by atoms with E-state index in [9.17, 15) is 9.59 Å². The zero-order chi connectivity index (χ0) is 20.8. The monoisotopic (exact) mass is 416 g/mol. The zero-order valence-electron chi connectivity index (χ0n) is 17.2. The summed E-state index contributed by atoms with van der Waals surface area (Å²) < 4.78 is 5.39. The van der Waals surface area contributed by atoms with E-state index in [1.54, 1.807) is 16.9 Å². The minimum absolute atomic E-state index is 0.0141. The molecule has 1 aliphatic heterocycles. The van der Waals surface area contributed by atoms with Gasteiger partial charge >= 0.3 is 6.03 Å². The summed E-state index contributed by atoms with van der Waals surface area (Å²) in [4.78, 5) is 33.5. The lowest BCUT2D eigenvalue weighted by molar-refractivity contribution is -0.121. The smallest absolute Gasteiger partial charge is 0.320 e. The second kappa shape index (κ2) is 9.73. The number of hydrogen-bond acceptors (Lipinski definition) is 5. The van der Waals surface area contributed by atoms with Gasteiger partial charge in [-0.2, -0.15) is 0 Å². The number of para-hydroxylation sites is 1. The van der Waals surface area contributed by atoms with Crippen molar-refractivity contribution in [1.82, 2.24) is 14.8 Å². The van der Waals surface area contributed by atoms with E-state index >= 15 is 0 Å². The number of nitrogens with zero attached hydrogens (tertiary/aromatic N) is 3. The molecule has 156 valence electrons. The third kappa shape index (κ3) is 4.87. The number of benzene rings is 1. The second-order valence-electron chi connectivity index (χ2n) is 6.97. The number of aromatic nitrogens is 1. The molecule has 1 N–H and O–H groups in total. The summed E-state index contributed by atoms with van der Waals surface area (Å²) in [5.41, 5.74) is 1.66. The first-order valence-electron chi connectivity index (χ1n) is 10.0.